The van der Waals surface area contributed by atoms with E-state index in [9.17, 15) is 31.1 Å². The van der Waals surface area contributed by atoms with Crippen LogP contribution in [0.1, 0.15) is 5.56 Å². The summed E-state index contributed by atoms with van der Waals surface area (Å²) in [6, 6.07) is 8.45. The van der Waals surface area contributed by atoms with Crippen molar-refractivity contribution in [3.63, 3.8) is 0 Å². The second-order valence-electron chi connectivity index (χ2n) is 7.44. The van der Waals surface area contributed by atoms with E-state index >= 15 is 0 Å². The average Bonchev–Trinajstić information content (AvgIpc) is 3.10. The Kier molecular flexibility index (Phi) is 6.39. The summed E-state index contributed by atoms with van der Waals surface area (Å²) in [5, 5.41) is 7.12. The Hall–Kier alpha value is -3.57. The van der Waals surface area contributed by atoms with Crippen LogP contribution < -0.4 is 0 Å². The van der Waals surface area contributed by atoms with E-state index in [0.717, 1.165) is 21.5 Å². The number of aromatic nitrogens is 2. The molecule has 1 saturated heterocycles. The summed E-state index contributed by atoms with van der Waals surface area (Å²) in [5.41, 5.74) is 3.58. The molecule has 0 radical (unpaired) electrons. The van der Waals surface area contributed by atoms with Crippen LogP contribution in [0.4, 0.5) is 26.3 Å². The van der Waals surface area contributed by atoms with Gasteiger partial charge in [-0.1, -0.05) is 6.07 Å². The number of aryl methyl sites for hydroxylation is 1. The summed E-state index contributed by atoms with van der Waals surface area (Å²) in [7, 11) is 0. The number of fused-ring (bicyclic) bond motifs is 1. The topological polar surface area (TPSA) is 75.4 Å². The number of likely N-dealkylation sites (tertiary alicyclic amines) is 1. The quantitative estimate of drug-likeness (QED) is 0.577. The number of aliphatic carboxylic acids is 1. The van der Waals surface area contributed by atoms with E-state index in [1.165, 1.54) is 6.07 Å². The van der Waals surface area contributed by atoms with Gasteiger partial charge in [0.2, 0.25) is 5.91 Å². The van der Waals surface area contributed by atoms with Crippen LogP contribution in [0, 0.1) is 12.7 Å². The molecule has 4 rings (SSSR count). The maximum absolute atomic E-state index is 13.5. The first-order valence-corrected chi connectivity index (χ1v) is 9.44. The first-order valence-electron chi connectivity index (χ1n) is 9.44. The Morgan fingerprint density at radius 1 is 1.12 bits per heavy atom. The molecule has 1 aromatic carbocycles. The molecule has 0 spiro atoms. The van der Waals surface area contributed by atoms with Crippen LogP contribution in [0.5, 0.6) is 0 Å². The summed E-state index contributed by atoms with van der Waals surface area (Å²) in [5.74, 6) is -6.16. The van der Waals surface area contributed by atoms with Crippen molar-refractivity contribution in [2.24, 2.45) is 0 Å². The van der Waals surface area contributed by atoms with E-state index in [-0.39, 0.29) is 18.3 Å². The molecule has 1 amide bonds. The van der Waals surface area contributed by atoms with Gasteiger partial charge >= 0.3 is 12.1 Å². The molecule has 0 unspecified atom stereocenters. The fraction of sp³-hybridized carbons (Fsp3) is 0.286. The standard InChI is InChI=1S/C19H16F3N3O.C2HF3O2/c1-12-6-13(2-3-15(12)20)14-7-17-16(23-8-14)4-5-24(17)9-18(26)25-10-19(21,22)11-25;3-2(4,5)1(6)7/h2-8H,9-11H2,1H3;(H,6,7). The van der Waals surface area contributed by atoms with Crippen molar-refractivity contribution >= 4 is 22.9 Å². The summed E-state index contributed by atoms with van der Waals surface area (Å²) >= 11 is 0. The predicted octanol–water partition coefficient (Wildman–Crippen LogP) is 4.26. The number of carbonyl (C=O) groups is 2. The van der Waals surface area contributed by atoms with Crippen molar-refractivity contribution < 1.29 is 41.0 Å². The van der Waals surface area contributed by atoms with Gasteiger partial charge < -0.3 is 14.6 Å². The highest BCUT2D eigenvalue weighted by atomic mass is 19.4. The number of alkyl halides is 5. The van der Waals surface area contributed by atoms with Gasteiger partial charge in [-0.15, -0.1) is 0 Å². The molecular formula is C21H17F6N3O3. The third-order valence-corrected chi connectivity index (χ3v) is 4.86. The summed E-state index contributed by atoms with van der Waals surface area (Å²) in [4.78, 5) is 26.6. The molecule has 0 atom stereocenters. The molecule has 3 heterocycles. The van der Waals surface area contributed by atoms with Crippen LogP contribution in [0.15, 0.2) is 42.7 Å². The van der Waals surface area contributed by atoms with Gasteiger partial charge in [0.05, 0.1) is 24.1 Å². The van der Waals surface area contributed by atoms with Gasteiger partial charge in [-0.3, -0.25) is 9.78 Å². The van der Waals surface area contributed by atoms with Crippen LogP contribution in [-0.4, -0.2) is 56.6 Å². The number of hydrogen-bond donors (Lipinski definition) is 1. The van der Waals surface area contributed by atoms with Gasteiger partial charge in [-0.2, -0.15) is 13.2 Å². The molecule has 33 heavy (non-hydrogen) atoms. The molecule has 1 aliphatic rings. The van der Waals surface area contributed by atoms with Gasteiger partial charge in [0, 0.05) is 18.0 Å². The van der Waals surface area contributed by atoms with E-state index in [4.69, 9.17) is 9.90 Å². The van der Waals surface area contributed by atoms with Crippen LogP contribution in [0.2, 0.25) is 0 Å². The van der Waals surface area contributed by atoms with Gasteiger partial charge in [0.25, 0.3) is 5.92 Å². The van der Waals surface area contributed by atoms with Crippen LogP contribution in [-0.2, 0) is 16.1 Å². The van der Waals surface area contributed by atoms with Crippen molar-refractivity contribution in [2.75, 3.05) is 13.1 Å². The summed E-state index contributed by atoms with van der Waals surface area (Å²) < 4.78 is 72.8. The number of pyridine rings is 1. The van der Waals surface area contributed by atoms with E-state index in [2.05, 4.69) is 4.98 Å². The minimum Gasteiger partial charge on any atom is -0.475 e. The largest absolute Gasteiger partial charge is 0.490 e. The Labute approximate surface area is 183 Å². The lowest BCUT2D eigenvalue weighted by Crippen LogP contribution is -2.59. The highest BCUT2D eigenvalue weighted by Gasteiger charge is 2.46. The number of amides is 1. The molecule has 1 aliphatic heterocycles. The maximum atomic E-state index is 13.5. The fourth-order valence-corrected chi connectivity index (χ4v) is 3.12. The smallest absolute Gasteiger partial charge is 0.475 e. The van der Waals surface area contributed by atoms with E-state index in [1.54, 1.807) is 42.1 Å². The normalized spacial score (nSPS) is 14.9. The molecule has 176 valence electrons. The zero-order valence-electron chi connectivity index (χ0n) is 17.0. The highest BCUT2D eigenvalue weighted by Crippen LogP contribution is 2.28. The molecule has 2 aromatic heterocycles. The molecule has 0 aliphatic carbocycles. The predicted molar refractivity (Wildman–Crippen MR) is 105 cm³/mol. The van der Waals surface area contributed by atoms with Crippen molar-refractivity contribution in [1.29, 1.82) is 0 Å². The van der Waals surface area contributed by atoms with Gasteiger partial charge in [0.15, 0.2) is 0 Å². The van der Waals surface area contributed by atoms with E-state index in [1.807, 2.05) is 6.07 Å². The minimum atomic E-state index is -5.08. The number of carboxylic acids is 1. The zero-order chi connectivity index (χ0) is 24.6. The molecule has 12 heteroatoms. The summed E-state index contributed by atoms with van der Waals surface area (Å²) in [6.07, 6.45) is -1.68. The Bertz CT molecular complexity index is 1200. The monoisotopic (exact) mass is 473 g/mol. The van der Waals surface area contributed by atoms with E-state index in [0.29, 0.717) is 11.1 Å². The molecule has 1 N–H and O–H groups in total. The van der Waals surface area contributed by atoms with Crippen LogP contribution in [0.25, 0.3) is 22.2 Å². The zero-order valence-corrected chi connectivity index (χ0v) is 17.0. The first kappa shape index (κ1) is 24.1. The highest BCUT2D eigenvalue weighted by molar-refractivity contribution is 5.84. The lowest BCUT2D eigenvalue weighted by atomic mass is 10.0. The van der Waals surface area contributed by atoms with Crippen molar-refractivity contribution in [2.45, 2.75) is 25.6 Å². The molecule has 6 nitrogen and oxygen atoms in total. The van der Waals surface area contributed by atoms with Gasteiger partial charge in [-0.05, 0) is 42.3 Å². The number of carboxylic acid groups (broad SMARTS) is 1. The Balaban J connectivity index is 0.000000383. The average molecular weight is 473 g/mol. The van der Waals surface area contributed by atoms with Crippen molar-refractivity contribution in [1.82, 2.24) is 14.5 Å². The minimum absolute atomic E-state index is 0.0207. The summed E-state index contributed by atoms with van der Waals surface area (Å²) in [6.45, 7) is 0.620. The third-order valence-electron chi connectivity index (χ3n) is 4.86. The van der Waals surface area contributed by atoms with Gasteiger partial charge in [0.1, 0.15) is 12.4 Å². The fourth-order valence-electron chi connectivity index (χ4n) is 3.12. The lowest BCUT2D eigenvalue weighted by molar-refractivity contribution is -0.192. The third kappa shape index (κ3) is 5.62. The van der Waals surface area contributed by atoms with Crippen molar-refractivity contribution in [3.05, 3.63) is 54.1 Å². The van der Waals surface area contributed by atoms with Crippen molar-refractivity contribution in [3.8, 4) is 11.1 Å². The molecule has 0 saturated carbocycles. The molecule has 1 fully saturated rings. The number of halogens is 6. The number of benzene rings is 1. The second kappa shape index (κ2) is 8.75. The second-order valence-corrected chi connectivity index (χ2v) is 7.44. The Morgan fingerprint density at radius 2 is 1.76 bits per heavy atom. The number of nitrogens with zero attached hydrogens (tertiary/aromatic N) is 3. The number of carbonyl (C=O) groups excluding carboxylic acids is 1. The van der Waals surface area contributed by atoms with Crippen LogP contribution in [0.3, 0.4) is 0 Å². The molecular weight excluding hydrogens is 456 g/mol. The number of hydrogen-bond acceptors (Lipinski definition) is 3. The SMILES string of the molecule is Cc1cc(-c2cnc3ccn(CC(=O)N4CC(F)(F)C4)c3c2)ccc1F.O=C(O)C(F)(F)F. The Morgan fingerprint density at radius 3 is 2.30 bits per heavy atom. The molecule has 0 bridgehead atoms. The lowest BCUT2D eigenvalue weighted by Gasteiger charge is -2.38. The van der Waals surface area contributed by atoms with Crippen LogP contribution >= 0.6 is 0 Å². The first-order chi connectivity index (χ1) is 15.3. The number of rotatable bonds is 3. The maximum Gasteiger partial charge on any atom is 0.490 e. The molecule has 3 aromatic rings. The van der Waals surface area contributed by atoms with Gasteiger partial charge in [-0.25, -0.2) is 18.0 Å². The van der Waals surface area contributed by atoms with E-state index < -0.39 is 31.2 Å².